The number of hydrogen-bond acceptors (Lipinski definition) is 7. The molecule has 0 radical (unpaired) electrons. The molecule has 3 heterocycles. The molecule has 1 N–H and O–H groups in total. The second kappa shape index (κ2) is 10.9. The van der Waals surface area contributed by atoms with Gasteiger partial charge in [-0.15, -0.1) is 0 Å². The maximum atomic E-state index is 12.7. The Hall–Kier alpha value is -3.39. The Morgan fingerprint density at radius 1 is 1.03 bits per heavy atom. The van der Waals surface area contributed by atoms with Crippen molar-refractivity contribution in [3.05, 3.63) is 60.0 Å². The summed E-state index contributed by atoms with van der Waals surface area (Å²) in [5.74, 6) is 2.15. The molecule has 2 fully saturated rings. The topological polar surface area (TPSA) is 83.7 Å². The number of aromatic nitrogens is 2. The van der Waals surface area contributed by atoms with Crippen LogP contribution in [0.1, 0.15) is 37.1 Å². The first kappa shape index (κ1) is 23.4. The fourth-order valence-corrected chi connectivity index (χ4v) is 4.85. The summed E-state index contributed by atoms with van der Waals surface area (Å²) in [4.78, 5) is 22.0. The largest absolute Gasteiger partial charge is 0.497 e. The Morgan fingerprint density at radius 2 is 1.74 bits per heavy atom. The van der Waals surface area contributed by atoms with Gasteiger partial charge in [0.2, 0.25) is 17.6 Å². The monoisotopic (exact) mass is 475 g/mol. The first-order valence-electron chi connectivity index (χ1n) is 12.5. The predicted octanol–water partition coefficient (Wildman–Crippen LogP) is 3.87. The second-order valence-electron chi connectivity index (χ2n) is 9.37. The van der Waals surface area contributed by atoms with Crippen molar-refractivity contribution in [1.29, 1.82) is 0 Å². The van der Waals surface area contributed by atoms with Gasteiger partial charge in [-0.05, 0) is 80.7 Å². The SMILES string of the molecule is COc1ccc(-c2noc(CN3CCC(C(=O)NCc4ccc(N5CCCC5)cc4)CC3)n2)cc1. The minimum absolute atomic E-state index is 0.0488. The van der Waals surface area contributed by atoms with Crippen molar-refractivity contribution in [2.45, 2.75) is 38.8 Å². The lowest BCUT2D eigenvalue weighted by Crippen LogP contribution is -2.40. The van der Waals surface area contributed by atoms with Gasteiger partial charge in [-0.25, -0.2) is 0 Å². The van der Waals surface area contributed by atoms with E-state index in [0.717, 1.165) is 55.9 Å². The zero-order chi connectivity index (χ0) is 24.0. The van der Waals surface area contributed by atoms with Crippen molar-refractivity contribution in [1.82, 2.24) is 20.4 Å². The highest BCUT2D eigenvalue weighted by molar-refractivity contribution is 5.78. The summed E-state index contributed by atoms with van der Waals surface area (Å²) in [5.41, 5.74) is 3.31. The molecule has 0 unspecified atom stereocenters. The molecule has 0 saturated carbocycles. The molecule has 2 aliphatic heterocycles. The van der Waals surface area contributed by atoms with E-state index >= 15 is 0 Å². The number of likely N-dealkylation sites (tertiary alicyclic amines) is 1. The molecular formula is C27H33N5O3. The number of nitrogens with one attached hydrogen (secondary N) is 1. The van der Waals surface area contributed by atoms with Crippen LogP contribution in [0.15, 0.2) is 53.1 Å². The minimum Gasteiger partial charge on any atom is -0.497 e. The van der Waals surface area contributed by atoms with Gasteiger partial charge in [0.15, 0.2) is 0 Å². The maximum Gasteiger partial charge on any atom is 0.241 e. The standard InChI is InChI=1S/C27H33N5O3/c1-34-24-10-6-21(7-11-24)26-29-25(35-30-26)19-31-16-12-22(13-17-31)27(33)28-18-20-4-8-23(9-5-20)32-14-2-3-15-32/h4-11,22H,2-3,12-19H2,1H3,(H,28,33). The van der Waals surface area contributed by atoms with Crippen LogP contribution >= 0.6 is 0 Å². The molecule has 2 aromatic carbocycles. The third kappa shape index (κ3) is 5.82. The maximum absolute atomic E-state index is 12.7. The number of hydrogen-bond donors (Lipinski definition) is 1. The third-order valence-electron chi connectivity index (χ3n) is 7.01. The quantitative estimate of drug-likeness (QED) is 0.529. The molecule has 35 heavy (non-hydrogen) atoms. The van der Waals surface area contributed by atoms with E-state index in [9.17, 15) is 4.79 Å². The van der Waals surface area contributed by atoms with Gasteiger partial charge in [0.25, 0.3) is 0 Å². The zero-order valence-corrected chi connectivity index (χ0v) is 20.3. The van der Waals surface area contributed by atoms with Crippen molar-refractivity contribution in [2.75, 3.05) is 38.2 Å². The fourth-order valence-electron chi connectivity index (χ4n) is 4.85. The molecule has 184 valence electrons. The average Bonchev–Trinajstić information content (AvgIpc) is 3.61. The smallest absolute Gasteiger partial charge is 0.241 e. The number of rotatable bonds is 8. The summed E-state index contributed by atoms with van der Waals surface area (Å²) in [6.07, 6.45) is 4.21. The number of benzene rings is 2. The Kier molecular flexibility index (Phi) is 7.28. The van der Waals surface area contributed by atoms with E-state index in [2.05, 4.69) is 49.5 Å². The fraction of sp³-hybridized carbons (Fsp3) is 0.444. The Bertz CT molecular complexity index is 1100. The summed E-state index contributed by atoms with van der Waals surface area (Å²) in [6, 6.07) is 16.2. The molecule has 0 aliphatic carbocycles. The van der Waals surface area contributed by atoms with E-state index in [1.54, 1.807) is 7.11 Å². The normalized spacial score (nSPS) is 17.0. The Balaban J connectivity index is 1.06. The second-order valence-corrected chi connectivity index (χ2v) is 9.37. The zero-order valence-electron chi connectivity index (χ0n) is 20.3. The van der Waals surface area contributed by atoms with Crippen molar-refractivity contribution < 1.29 is 14.1 Å². The lowest BCUT2D eigenvalue weighted by Gasteiger charge is -2.30. The Morgan fingerprint density at radius 3 is 2.43 bits per heavy atom. The van der Waals surface area contributed by atoms with Crippen LogP contribution in [0.25, 0.3) is 11.4 Å². The number of anilines is 1. The average molecular weight is 476 g/mol. The number of piperidine rings is 1. The molecule has 5 rings (SSSR count). The van der Waals surface area contributed by atoms with Crippen LogP contribution < -0.4 is 15.0 Å². The highest BCUT2D eigenvalue weighted by atomic mass is 16.5. The molecule has 8 heteroatoms. The van der Waals surface area contributed by atoms with Gasteiger partial charge < -0.3 is 19.5 Å². The summed E-state index contributed by atoms with van der Waals surface area (Å²) in [5, 5.41) is 7.24. The van der Waals surface area contributed by atoms with Crippen LogP contribution in [0.2, 0.25) is 0 Å². The van der Waals surface area contributed by atoms with E-state index in [-0.39, 0.29) is 11.8 Å². The lowest BCUT2D eigenvalue weighted by atomic mass is 9.96. The van der Waals surface area contributed by atoms with E-state index in [1.165, 1.54) is 18.5 Å². The molecule has 2 aliphatic rings. The van der Waals surface area contributed by atoms with Gasteiger partial charge in [-0.2, -0.15) is 4.98 Å². The van der Waals surface area contributed by atoms with E-state index in [4.69, 9.17) is 9.26 Å². The van der Waals surface area contributed by atoms with E-state index < -0.39 is 0 Å². The predicted molar refractivity (Wildman–Crippen MR) is 134 cm³/mol. The van der Waals surface area contributed by atoms with Gasteiger partial charge in [0.05, 0.1) is 13.7 Å². The van der Waals surface area contributed by atoms with Gasteiger partial charge >= 0.3 is 0 Å². The Labute approximate surface area is 206 Å². The molecule has 1 aromatic heterocycles. The van der Waals surface area contributed by atoms with Crippen molar-refractivity contribution in [3.8, 4) is 17.1 Å². The van der Waals surface area contributed by atoms with Crippen molar-refractivity contribution >= 4 is 11.6 Å². The van der Waals surface area contributed by atoms with Crippen LogP contribution in [0, 0.1) is 5.92 Å². The molecule has 8 nitrogen and oxygen atoms in total. The number of amides is 1. The number of carbonyl (C=O) groups is 1. The van der Waals surface area contributed by atoms with Crippen LogP contribution in [-0.4, -0.2) is 54.2 Å². The highest BCUT2D eigenvalue weighted by Gasteiger charge is 2.26. The van der Waals surface area contributed by atoms with Gasteiger partial charge in [-0.3, -0.25) is 9.69 Å². The van der Waals surface area contributed by atoms with Crippen LogP contribution in [-0.2, 0) is 17.9 Å². The molecule has 0 spiro atoms. The van der Waals surface area contributed by atoms with Crippen LogP contribution in [0.3, 0.4) is 0 Å². The van der Waals surface area contributed by atoms with Crippen molar-refractivity contribution in [2.24, 2.45) is 5.92 Å². The first-order valence-corrected chi connectivity index (χ1v) is 12.5. The summed E-state index contributed by atoms with van der Waals surface area (Å²) in [7, 11) is 1.64. The molecule has 3 aromatic rings. The van der Waals surface area contributed by atoms with E-state index in [1.807, 2.05) is 24.3 Å². The van der Waals surface area contributed by atoms with Gasteiger partial charge in [-0.1, -0.05) is 17.3 Å². The van der Waals surface area contributed by atoms with Crippen LogP contribution in [0.4, 0.5) is 5.69 Å². The number of carbonyl (C=O) groups excluding carboxylic acids is 1. The number of ether oxygens (including phenoxy) is 1. The van der Waals surface area contributed by atoms with Crippen LogP contribution in [0.5, 0.6) is 5.75 Å². The molecule has 0 atom stereocenters. The summed E-state index contributed by atoms with van der Waals surface area (Å²) >= 11 is 0. The first-order chi connectivity index (χ1) is 17.2. The summed E-state index contributed by atoms with van der Waals surface area (Å²) in [6.45, 7) is 5.14. The third-order valence-corrected chi connectivity index (χ3v) is 7.01. The number of methoxy groups -OCH3 is 1. The van der Waals surface area contributed by atoms with Gasteiger partial charge in [0, 0.05) is 36.8 Å². The molecule has 1 amide bonds. The lowest BCUT2D eigenvalue weighted by molar-refractivity contribution is -0.126. The molecule has 2 saturated heterocycles. The van der Waals surface area contributed by atoms with E-state index in [0.29, 0.717) is 24.8 Å². The molecule has 0 bridgehead atoms. The summed E-state index contributed by atoms with van der Waals surface area (Å²) < 4.78 is 10.7. The highest BCUT2D eigenvalue weighted by Crippen LogP contribution is 2.23. The minimum atomic E-state index is 0.0488. The van der Waals surface area contributed by atoms with Gasteiger partial charge in [0.1, 0.15) is 5.75 Å². The van der Waals surface area contributed by atoms with Crippen molar-refractivity contribution in [3.63, 3.8) is 0 Å². The number of nitrogens with zero attached hydrogens (tertiary/aromatic N) is 4. The molecular weight excluding hydrogens is 442 g/mol.